The third kappa shape index (κ3) is 2.86. The first-order valence-electron chi connectivity index (χ1n) is 6.79. The van der Waals surface area contributed by atoms with Crippen LogP contribution >= 0.6 is 11.6 Å². The van der Waals surface area contributed by atoms with Gasteiger partial charge in [0.05, 0.1) is 11.6 Å². The first kappa shape index (κ1) is 13.9. The summed E-state index contributed by atoms with van der Waals surface area (Å²) in [6.07, 6.45) is 0. The SMILES string of the molecule is CCOc1ccc2cc(-c3ccc(Cl)c(F)c3)ccc2c1. The Morgan fingerprint density at radius 1 is 0.905 bits per heavy atom. The van der Waals surface area contributed by atoms with E-state index in [1.807, 2.05) is 49.4 Å². The Kier molecular flexibility index (Phi) is 3.80. The van der Waals surface area contributed by atoms with Crippen LogP contribution in [0, 0.1) is 5.82 Å². The summed E-state index contributed by atoms with van der Waals surface area (Å²) in [5, 5.41) is 2.33. The van der Waals surface area contributed by atoms with Crippen molar-refractivity contribution in [3.05, 3.63) is 65.4 Å². The van der Waals surface area contributed by atoms with Gasteiger partial charge in [-0.3, -0.25) is 0 Å². The van der Waals surface area contributed by atoms with Crippen LogP contribution in [0.15, 0.2) is 54.6 Å². The van der Waals surface area contributed by atoms with Gasteiger partial charge < -0.3 is 4.74 Å². The molecule has 0 aliphatic carbocycles. The molecular formula is C18H14ClFO. The summed E-state index contributed by atoms with van der Waals surface area (Å²) in [4.78, 5) is 0. The molecule has 0 aliphatic rings. The Morgan fingerprint density at radius 3 is 2.33 bits per heavy atom. The average Bonchev–Trinajstić information content (AvgIpc) is 2.50. The fraction of sp³-hybridized carbons (Fsp3) is 0.111. The van der Waals surface area contributed by atoms with Gasteiger partial charge in [-0.1, -0.05) is 35.9 Å². The van der Waals surface area contributed by atoms with Gasteiger partial charge in [0, 0.05) is 0 Å². The van der Waals surface area contributed by atoms with E-state index in [0.29, 0.717) is 6.61 Å². The van der Waals surface area contributed by atoms with Crippen LogP contribution in [0.4, 0.5) is 4.39 Å². The Morgan fingerprint density at radius 2 is 1.57 bits per heavy atom. The topological polar surface area (TPSA) is 9.23 Å². The molecule has 0 atom stereocenters. The lowest BCUT2D eigenvalue weighted by atomic mass is 10.0. The fourth-order valence-electron chi connectivity index (χ4n) is 2.34. The minimum atomic E-state index is -0.402. The zero-order valence-electron chi connectivity index (χ0n) is 11.6. The van der Waals surface area contributed by atoms with Crippen LogP contribution in [0.1, 0.15) is 6.92 Å². The van der Waals surface area contributed by atoms with E-state index in [9.17, 15) is 4.39 Å². The summed E-state index contributed by atoms with van der Waals surface area (Å²) >= 11 is 5.72. The summed E-state index contributed by atoms with van der Waals surface area (Å²) < 4.78 is 19.1. The van der Waals surface area contributed by atoms with Crippen LogP contribution in [0.3, 0.4) is 0 Å². The molecule has 0 N–H and O–H groups in total. The molecule has 3 heteroatoms. The van der Waals surface area contributed by atoms with E-state index in [1.54, 1.807) is 6.07 Å². The van der Waals surface area contributed by atoms with Crippen LogP contribution in [-0.4, -0.2) is 6.61 Å². The molecule has 0 spiro atoms. The second-order valence-corrected chi connectivity index (χ2v) is 5.19. The summed E-state index contributed by atoms with van der Waals surface area (Å²) in [6, 6.07) is 16.8. The predicted molar refractivity (Wildman–Crippen MR) is 85.5 cm³/mol. The van der Waals surface area contributed by atoms with Gasteiger partial charge in [0.1, 0.15) is 11.6 Å². The highest BCUT2D eigenvalue weighted by Gasteiger charge is 2.05. The predicted octanol–water partition coefficient (Wildman–Crippen LogP) is 5.70. The van der Waals surface area contributed by atoms with E-state index in [1.165, 1.54) is 6.07 Å². The van der Waals surface area contributed by atoms with Crippen LogP contribution in [0.25, 0.3) is 21.9 Å². The molecule has 1 nitrogen and oxygen atoms in total. The van der Waals surface area contributed by atoms with Crippen LogP contribution in [-0.2, 0) is 0 Å². The lowest BCUT2D eigenvalue weighted by Crippen LogP contribution is -1.90. The molecule has 106 valence electrons. The number of hydrogen-bond acceptors (Lipinski definition) is 1. The number of hydrogen-bond donors (Lipinski definition) is 0. The van der Waals surface area contributed by atoms with Gasteiger partial charge in [-0.25, -0.2) is 4.39 Å². The van der Waals surface area contributed by atoms with Crippen molar-refractivity contribution >= 4 is 22.4 Å². The standard InChI is InChI=1S/C18H14ClFO/c1-2-21-16-7-5-13-9-12(3-4-14(13)10-16)15-6-8-17(19)18(20)11-15/h3-11H,2H2,1H3. The molecular weight excluding hydrogens is 287 g/mol. The van der Waals surface area contributed by atoms with E-state index in [4.69, 9.17) is 16.3 Å². The average molecular weight is 301 g/mol. The Bertz CT molecular complexity index is 798. The highest BCUT2D eigenvalue weighted by molar-refractivity contribution is 6.30. The van der Waals surface area contributed by atoms with E-state index in [-0.39, 0.29) is 5.02 Å². The van der Waals surface area contributed by atoms with Gasteiger partial charge in [0.2, 0.25) is 0 Å². The Hall–Kier alpha value is -2.06. The van der Waals surface area contributed by atoms with Gasteiger partial charge in [-0.2, -0.15) is 0 Å². The summed E-state index contributed by atoms with van der Waals surface area (Å²) in [7, 11) is 0. The van der Waals surface area contributed by atoms with Crippen molar-refractivity contribution < 1.29 is 9.13 Å². The van der Waals surface area contributed by atoms with Gasteiger partial charge >= 0.3 is 0 Å². The molecule has 0 fully saturated rings. The Balaban J connectivity index is 2.04. The number of ether oxygens (including phenoxy) is 1. The minimum absolute atomic E-state index is 0.140. The maximum absolute atomic E-state index is 13.6. The van der Waals surface area contributed by atoms with E-state index < -0.39 is 5.82 Å². The molecule has 0 saturated carbocycles. The maximum Gasteiger partial charge on any atom is 0.142 e. The van der Waals surface area contributed by atoms with Gasteiger partial charge in [0.25, 0.3) is 0 Å². The summed E-state index contributed by atoms with van der Waals surface area (Å²) in [5.41, 5.74) is 1.77. The highest BCUT2D eigenvalue weighted by atomic mass is 35.5. The number of fused-ring (bicyclic) bond motifs is 1. The largest absolute Gasteiger partial charge is 0.494 e. The number of rotatable bonds is 3. The Labute approximate surface area is 127 Å². The van der Waals surface area contributed by atoms with Crippen molar-refractivity contribution in [1.29, 1.82) is 0 Å². The number of halogens is 2. The van der Waals surface area contributed by atoms with Crippen LogP contribution in [0.2, 0.25) is 5.02 Å². The van der Waals surface area contributed by atoms with Crippen LogP contribution < -0.4 is 4.74 Å². The zero-order chi connectivity index (χ0) is 14.8. The van der Waals surface area contributed by atoms with E-state index in [0.717, 1.165) is 27.6 Å². The van der Waals surface area contributed by atoms with Gasteiger partial charge in [-0.05, 0) is 59.2 Å². The quantitative estimate of drug-likeness (QED) is 0.603. The molecule has 0 saturated heterocycles. The molecule has 0 aromatic heterocycles. The maximum atomic E-state index is 13.6. The van der Waals surface area contributed by atoms with Crippen molar-refractivity contribution in [2.45, 2.75) is 6.92 Å². The monoisotopic (exact) mass is 300 g/mol. The van der Waals surface area contributed by atoms with Crippen molar-refractivity contribution in [1.82, 2.24) is 0 Å². The molecule has 0 radical (unpaired) electrons. The molecule has 3 rings (SSSR count). The second-order valence-electron chi connectivity index (χ2n) is 4.79. The van der Waals surface area contributed by atoms with Crippen molar-refractivity contribution in [3.63, 3.8) is 0 Å². The molecule has 0 amide bonds. The first-order valence-corrected chi connectivity index (χ1v) is 7.17. The molecule has 0 bridgehead atoms. The lowest BCUT2D eigenvalue weighted by molar-refractivity contribution is 0.341. The van der Waals surface area contributed by atoms with Crippen molar-refractivity contribution in [2.24, 2.45) is 0 Å². The molecule has 0 heterocycles. The third-order valence-electron chi connectivity index (χ3n) is 3.38. The van der Waals surface area contributed by atoms with E-state index in [2.05, 4.69) is 0 Å². The fourth-order valence-corrected chi connectivity index (χ4v) is 2.45. The molecule has 0 unspecified atom stereocenters. The second kappa shape index (κ2) is 5.74. The molecule has 0 aliphatic heterocycles. The van der Waals surface area contributed by atoms with Crippen molar-refractivity contribution in [3.8, 4) is 16.9 Å². The first-order chi connectivity index (χ1) is 10.2. The summed E-state index contributed by atoms with van der Waals surface area (Å²) in [5.74, 6) is 0.455. The smallest absolute Gasteiger partial charge is 0.142 e. The molecule has 21 heavy (non-hydrogen) atoms. The molecule has 3 aromatic carbocycles. The molecule has 3 aromatic rings. The van der Waals surface area contributed by atoms with E-state index >= 15 is 0 Å². The van der Waals surface area contributed by atoms with Crippen molar-refractivity contribution in [2.75, 3.05) is 6.61 Å². The summed E-state index contributed by atoms with van der Waals surface area (Å²) in [6.45, 7) is 2.61. The highest BCUT2D eigenvalue weighted by Crippen LogP contribution is 2.29. The normalized spacial score (nSPS) is 10.8. The van der Waals surface area contributed by atoms with Crippen LogP contribution in [0.5, 0.6) is 5.75 Å². The lowest BCUT2D eigenvalue weighted by Gasteiger charge is -2.07. The van der Waals surface area contributed by atoms with Gasteiger partial charge in [-0.15, -0.1) is 0 Å². The third-order valence-corrected chi connectivity index (χ3v) is 3.68. The number of benzene rings is 3. The minimum Gasteiger partial charge on any atom is -0.494 e. The van der Waals surface area contributed by atoms with Gasteiger partial charge in [0.15, 0.2) is 0 Å². The zero-order valence-corrected chi connectivity index (χ0v) is 12.3.